The van der Waals surface area contributed by atoms with Gasteiger partial charge >= 0.3 is 6.03 Å². The Bertz CT molecular complexity index is 888. The second-order valence-electron chi connectivity index (χ2n) is 8.11. The van der Waals surface area contributed by atoms with Crippen molar-refractivity contribution >= 4 is 28.4 Å². The maximum Gasteiger partial charge on any atom is 0.323 e. The van der Waals surface area contributed by atoms with Crippen molar-refractivity contribution in [2.24, 2.45) is 0 Å². The standard InChI is InChI=1S/C22H28N4O2S/c1-16-7-3-4-8-18(16)22(9-5-2-6-10-22)15-24-19(27)13-17-14-29-21(25-17)26-12-11-23-20(26)28/h3-4,7-8,14H,2,5-6,9-13,15H2,1H3,(H,23,28)(H,24,27). The summed E-state index contributed by atoms with van der Waals surface area (Å²) in [5, 5.41) is 8.49. The van der Waals surface area contributed by atoms with Crippen molar-refractivity contribution in [2.75, 3.05) is 24.5 Å². The van der Waals surface area contributed by atoms with E-state index < -0.39 is 0 Å². The smallest absolute Gasteiger partial charge is 0.323 e. The lowest BCUT2D eigenvalue weighted by molar-refractivity contribution is -0.120. The first kappa shape index (κ1) is 19.9. The van der Waals surface area contributed by atoms with Gasteiger partial charge in [-0.25, -0.2) is 9.78 Å². The highest BCUT2D eigenvalue weighted by Gasteiger charge is 2.35. The van der Waals surface area contributed by atoms with Crippen LogP contribution in [-0.2, 0) is 16.6 Å². The summed E-state index contributed by atoms with van der Waals surface area (Å²) in [5.74, 6) is -0.00810. The minimum absolute atomic E-state index is 0.00810. The minimum atomic E-state index is -0.118. The van der Waals surface area contributed by atoms with Gasteiger partial charge in [0, 0.05) is 30.4 Å². The Morgan fingerprint density at radius 1 is 1.28 bits per heavy atom. The number of hydrogen-bond donors (Lipinski definition) is 2. The van der Waals surface area contributed by atoms with E-state index in [1.54, 1.807) is 4.90 Å². The predicted octanol–water partition coefficient (Wildman–Crippen LogP) is 3.54. The molecule has 154 valence electrons. The highest BCUT2D eigenvalue weighted by molar-refractivity contribution is 7.14. The quantitative estimate of drug-likeness (QED) is 0.762. The molecule has 6 nitrogen and oxygen atoms in total. The number of hydrogen-bond acceptors (Lipinski definition) is 4. The number of urea groups is 1. The molecule has 4 rings (SSSR count). The Balaban J connectivity index is 1.41. The molecule has 7 heteroatoms. The van der Waals surface area contributed by atoms with Gasteiger partial charge < -0.3 is 10.6 Å². The maximum absolute atomic E-state index is 12.7. The van der Waals surface area contributed by atoms with Gasteiger partial charge in [-0.1, -0.05) is 43.5 Å². The van der Waals surface area contributed by atoms with Crippen LogP contribution in [0.5, 0.6) is 0 Å². The van der Waals surface area contributed by atoms with Gasteiger partial charge in [-0.05, 0) is 30.9 Å². The van der Waals surface area contributed by atoms with E-state index in [1.807, 2.05) is 5.38 Å². The number of carbonyl (C=O) groups excluding carboxylic acids is 2. The summed E-state index contributed by atoms with van der Waals surface area (Å²) in [5.41, 5.74) is 3.42. The third-order valence-electron chi connectivity index (χ3n) is 6.12. The molecule has 0 radical (unpaired) electrons. The third kappa shape index (κ3) is 4.29. The number of rotatable bonds is 6. The number of aryl methyl sites for hydroxylation is 1. The molecule has 2 N–H and O–H groups in total. The molecule has 1 aromatic heterocycles. The van der Waals surface area contributed by atoms with Crippen molar-refractivity contribution in [3.05, 3.63) is 46.5 Å². The topological polar surface area (TPSA) is 74.3 Å². The molecule has 0 atom stereocenters. The van der Waals surface area contributed by atoms with E-state index in [-0.39, 0.29) is 23.8 Å². The van der Waals surface area contributed by atoms with Crippen LogP contribution in [0.15, 0.2) is 29.6 Å². The summed E-state index contributed by atoms with van der Waals surface area (Å²) in [6, 6.07) is 8.45. The molecule has 2 aromatic rings. The fourth-order valence-corrected chi connectivity index (χ4v) is 5.44. The molecule has 3 amide bonds. The number of aromatic nitrogens is 1. The molecule has 0 spiro atoms. The zero-order chi connectivity index (χ0) is 20.3. The van der Waals surface area contributed by atoms with Crippen molar-refractivity contribution in [3.8, 4) is 0 Å². The van der Waals surface area contributed by atoms with Gasteiger partial charge in [0.2, 0.25) is 5.91 Å². The molecule has 1 aromatic carbocycles. The van der Waals surface area contributed by atoms with Crippen LogP contribution in [0.1, 0.15) is 48.9 Å². The summed E-state index contributed by atoms with van der Waals surface area (Å²) in [6.45, 7) is 4.09. The lowest BCUT2D eigenvalue weighted by Gasteiger charge is -2.39. The molecule has 1 saturated carbocycles. The summed E-state index contributed by atoms with van der Waals surface area (Å²) in [4.78, 5) is 30.6. The van der Waals surface area contributed by atoms with E-state index in [4.69, 9.17) is 0 Å². The average molecular weight is 413 g/mol. The van der Waals surface area contributed by atoms with E-state index in [2.05, 4.69) is 46.8 Å². The normalized spacial score (nSPS) is 18.5. The van der Waals surface area contributed by atoms with E-state index in [0.29, 0.717) is 24.8 Å². The Kier molecular flexibility index (Phi) is 5.85. The number of thiazole rings is 1. The van der Waals surface area contributed by atoms with Crippen LogP contribution in [0.25, 0.3) is 0 Å². The molecule has 1 aliphatic carbocycles. The number of anilines is 1. The monoisotopic (exact) mass is 412 g/mol. The van der Waals surface area contributed by atoms with Gasteiger partial charge in [-0.2, -0.15) is 0 Å². The highest BCUT2D eigenvalue weighted by atomic mass is 32.1. The van der Waals surface area contributed by atoms with Crippen LogP contribution in [0.4, 0.5) is 9.93 Å². The fraction of sp³-hybridized carbons (Fsp3) is 0.500. The summed E-state index contributed by atoms with van der Waals surface area (Å²) in [7, 11) is 0. The van der Waals surface area contributed by atoms with E-state index in [1.165, 1.54) is 41.7 Å². The molecule has 29 heavy (non-hydrogen) atoms. The first-order valence-electron chi connectivity index (χ1n) is 10.4. The molecule has 2 aliphatic rings. The second kappa shape index (κ2) is 8.53. The van der Waals surface area contributed by atoms with Crippen molar-refractivity contribution in [2.45, 2.75) is 50.9 Å². The lowest BCUT2D eigenvalue weighted by atomic mass is 9.68. The Hall–Kier alpha value is -2.41. The molecular weight excluding hydrogens is 384 g/mol. The van der Waals surface area contributed by atoms with Crippen LogP contribution in [0, 0.1) is 6.92 Å². The van der Waals surface area contributed by atoms with Gasteiger partial charge in [0.05, 0.1) is 12.1 Å². The van der Waals surface area contributed by atoms with Gasteiger partial charge in [0.25, 0.3) is 0 Å². The molecule has 2 heterocycles. The average Bonchev–Trinajstić information content (AvgIpc) is 3.36. The molecule has 0 unspecified atom stereocenters. The highest BCUT2D eigenvalue weighted by Crippen LogP contribution is 2.40. The molecule has 0 bridgehead atoms. The molecular formula is C22H28N4O2S. The fourth-order valence-electron chi connectivity index (χ4n) is 4.59. The first-order valence-corrected chi connectivity index (χ1v) is 11.3. The largest absolute Gasteiger partial charge is 0.355 e. The number of amides is 3. The SMILES string of the molecule is Cc1ccccc1C1(CNC(=O)Cc2csc(N3CCNC3=O)n2)CCCCC1. The van der Waals surface area contributed by atoms with E-state index >= 15 is 0 Å². The zero-order valence-corrected chi connectivity index (χ0v) is 17.7. The van der Waals surface area contributed by atoms with Crippen molar-refractivity contribution in [1.29, 1.82) is 0 Å². The maximum atomic E-state index is 12.7. The molecule has 1 aliphatic heterocycles. The van der Waals surface area contributed by atoms with Crippen LogP contribution in [0.2, 0.25) is 0 Å². The van der Waals surface area contributed by atoms with Gasteiger partial charge in [0.1, 0.15) is 0 Å². The van der Waals surface area contributed by atoms with Gasteiger partial charge in [-0.3, -0.25) is 9.69 Å². The van der Waals surface area contributed by atoms with Gasteiger partial charge in [0.15, 0.2) is 5.13 Å². The minimum Gasteiger partial charge on any atom is -0.355 e. The van der Waals surface area contributed by atoms with Crippen LogP contribution >= 0.6 is 11.3 Å². The Morgan fingerprint density at radius 3 is 2.79 bits per heavy atom. The summed E-state index contributed by atoms with van der Waals surface area (Å²) in [6.07, 6.45) is 6.16. The van der Waals surface area contributed by atoms with Crippen molar-refractivity contribution < 1.29 is 9.59 Å². The predicted molar refractivity (Wildman–Crippen MR) is 116 cm³/mol. The number of nitrogens with zero attached hydrogens (tertiary/aromatic N) is 2. The van der Waals surface area contributed by atoms with Crippen LogP contribution in [0.3, 0.4) is 0 Å². The third-order valence-corrected chi connectivity index (χ3v) is 7.03. The Labute approximate surface area is 175 Å². The molecule has 2 fully saturated rings. The van der Waals surface area contributed by atoms with Crippen molar-refractivity contribution in [1.82, 2.24) is 15.6 Å². The second-order valence-corrected chi connectivity index (χ2v) is 8.95. The number of nitrogens with one attached hydrogen (secondary N) is 2. The van der Waals surface area contributed by atoms with Crippen LogP contribution < -0.4 is 15.5 Å². The van der Waals surface area contributed by atoms with E-state index in [9.17, 15) is 9.59 Å². The number of carbonyl (C=O) groups is 2. The Morgan fingerprint density at radius 2 is 2.07 bits per heavy atom. The molecule has 1 saturated heterocycles. The van der Waals surface area contributed by atoms with E-state index in [0.717, 1.165) is 18.5 Å². The van der Waals surface area contributed by atoms with Crippen molar-refractivity contribution in [3.63, 3.8) is 0 Å². The lowest BCUT2D eigenvalue weighted by Crippen LogP contribution is -2.43. The first-order chi connectivity index (χ1) is 14.1. The summed E-state index contributed by atoms with van der Waals surface area (Å²) < 4.78 is 0. The summed E-state index contributed by atoms with van der Waals surface area (Å²) >= 11 is 1.41. The van der Waals surface area contributed by atoms with Gasteiger partial charge in [-0.15, -0.1) is 11.3 Å². The zero-order valence-electron chi connectivity index (χ0n) is 16.9. The van der Waals surface area contributed by atoms with Crippen LogP contribution in [-0.4, -0.2) is 36.6 Å². The number of benzene rings is 1.